The first kappa shape index (κ1) is 22.8. The van der Waals surface area contributed by atoms with Gasteiger partial charge < -0.3 is 20.1 Å². The van der Waals surface area contributed by atoms with Crippen LogP contribution in [0.15, 0.2) is 23.3 Å². The Hall–Kier alpha value is -1.86. The van der Waals surface area contributed by atoms with Crippen molar-refractivity contribution < 1.29 is 9.47 Å². The molecule has 1 aromatic heterocycles. The van der Waals surface area contributed by atoms with Crippen LogP contribution in [-0.4, -0.2) is 68.4 Å². The Kier molecular flexibility index (Phi) is 9.21. The molecule has 0 atom stereocenters. The maximum atomic E-state index is 5.53. The lowest BCUT2D eigenvalue weighted by atomic mass is 9.79. The van der Waals surface area contributed by atoms with Gasteiger partial charge in [-0.1, -0.05) is 31.7 Å². The van der Waals surface area contributed by atoms with E-state index in [0.717, 1.165) is 18.1 Å². The molecule has 0 bridgehead atoms. The van der Waals surface area contributed by atoms with Crippen LogP contribution in [0.3, 0.4) is 0 Å². The van der Waals surface area contributed by atoms with Gasteiger partial charge >= 0.3 is 0 Å². The maximum absolute atomic E-state index is 5.53. The van der Waals surface area contributed by atoms with Crippen molar-refractivity contribution in [3.05, 3.63) is 23.9 Å². The quantitative estimate of drug-likeness (QED) is 0.366. The molecular formula is C23H39N5O2. The van der Waals surface area contributed by atoms with E-state index in [1.165, 1.54) is 64.5 Å². The van der Waals surface area contributed by atoms with Crippen LogP contribution in [0, 0.1) is 0 Å². The molecule has 0 aromatic carbocycles. The third-order valence-corrected chi connectivity index (χ3v) is 6.41. The first-order chi connectivity index (χ1) is 14.8. The van der Waals surface area contributed by atoms with Crippen molar-refractivity contribution in [2.24, 2.45) is 4.99 Å². The van der Waals surface area contributed by atoms with E-state index in [2.05, 4.69) is 25.5 Å². The van der Waals surface area contributed by atoms with Crippen molar-refractivity contribution in [2.75, 3.05) is 47.0 Å². The van der Waals surface area contributed by atoms with Gasteiger partial charge in [-0.2, -0.15) is 0 Å². The molecule has 7 heteroatoms. The lowest BCUT2D eigenvalue weighted by molar-refractivity contribution is 0.0368. The number of pyridine rings is 1. The third kappa shape index (κ3) is 6.57. The predicted octanol–water partition coefficient (Wildman–Crippen LogP) is 2.96. The number of aromatic nitrogens is 1. The molecule has 1 aromatic rings. The predicted molar refractivity (Wildman–Crippen MR) is 121 cm³/mol. The molecule has 2 heterocycles. The van der Waals surface area contributed by atoms with Crippen LogP contribution >= 0.6 is 0 Å². The van der Waals surface area contributed by atoms with Crippen LogP contribution in [0.4, 0.5) is 0 Å². The van der Waals surface area contributed by atoms with Gasteiger partial charge in [-0.05, 0) is 44.3 Å². The zero-order chi connectivity index (χ0) is 21.1. The van der Waals surface area contributed by atoms with Crippen LogP contribution in [0.2, 0.25) is 0 Å². The summed E-state index contributed by atoms with van der Waals surface area (Å²) in [6, 6.07) is 3.93. The van der Waals surface area contributed by atoms with Crippen LogP contribution in [0.5, 0.6) is 5.88 Å². The summed E-state index contributed by atoms with van der Waals surface area (Å²) in [6.45, 7) is 5.22. The minimum Gasteiger partial charge on any atom is -0.475 e. The first-order valence-electron chi connectivity index (χ1n) is 11.5. The number of aliphatic imine (C=N–C) groups is 1. The molecular weight excluding hydrogens is 378 g/mol. The van der Waals surface area contributed by atoms with Gasteiger partial charge in [0.2, 0.25) is 5.88 Å². The van der Waals surface area contributed by atoms with E-state index in [9.17, 15) is 0 Å². The van der Waals surface area contributed by atoms with Crippen LogP contribution in [0.1, 0.15) is 56.9 Å². The van der Waals surface area contributed by atoms with Crippen molar-refractivity contribution in [1.29, 1.82) is 0 Å². The molecule has 2 N–H and O–H groups in total. The number of guanidine groups is 1. The molecule has 1 saturated heterocycles. The van der Waals surface area contributed by atoms with E-state index in [1.54, 1.807) is 7.11 Å². The normalized spacial score (nSPS) is 20.0. The molecule has 1 saturated carbocycles. The highest BCUT2D eigenvalue weighted by Gasteiger charge is 2.38. The van der Waals surface area contributed by atoms with E-state index < -0.39 is 0 Å². The average molecular weight is 418 g/mol. The van der Waals surface area contributed by atoms with Crippen molar-refractivity contribution in [3.63, 3.8) is 0 Å². The fraction of sp³-hybridized carbons (Fsp3) is 0.739. The second-order valence-corrected chi connectivity index (χ2v) is 8.46. The van der Waals surface area contributed by atoms with E-state index >= 15 is 0 Å². The molecule has 1 aliphatic heterocycles. The molecule has 0 spiro atoms. The van der Waals surface area contributed by atoms with Crippen LogP contribution in [-0.2, 0) is 11.3 Å². The number of hydrogen-bond donors (Lipinski definition) is 2. The van der Waals surface area contributed by atoms with Crippen molar-refractivity contribution >= 4 is 5.96 Å². The Bertz CT molecular complexity index is 637. The van der Waals surface area contributed by atoms with Gasteiger partial charge in [-0.15, -0.1) is 0 Å². The molecule has 3 rings (SSSR count). The third-order valence-electron chi connectivity index (χ3n) is 6.41. The van der Waals surface area contributed by atoms with Crippen LogP contribution in [0.25, 0.3) is 0 Å². The molecule has 168 valence electrons. The molecule has 0 amide bonds. The fourth-order valence-electron chi connectivity index (χ4n) is 4.67. The summed E-state index contributed by atoms with van der Waals surface area (Å²) in [5.74, 6) is 1.48. The van der Waals surface area contributed by atoms with Crippen molar-refractivity contribution in [2.45, 2.75) is 63.5 Å². The lowest BCUT2D eigenvalue weighted by Crippen LogP contribution is -2.59. The van der Waals surface area contributed by atoms with Crippen molar-refractivity contribution in [1.82, 2.24) is 20.5 Å². The number of nitrogens with zero attached hydrogens (tertiary/aromatic N) is 3. The monoisotopic (exact) mass is 417 g/mol. The van der Waals surface area contributed by atoms with E-state index in [0.29, 0.717) is 31.2 Å². The van der Waals surface area contributed by atoms with E-state index in [-0.39, 0.29) is 0 Å². The highest BCUT2D eigenvalue weighted by molar-refractivity contribution is 5.79. The van der Waals surface area contributed by atoms with Gasteiger partial charge in [0.05, 0.1) is 6.61 Å². The number of methoxy groups -OCH3 is 1. The Morgan fingerprint density at radius 1 is 1.07 bits per heavy atom. The van der Waals surface area contributed by atoms with Gasteiger partial charge in [0.25, 0.3) is 0 Å². The molecule has 2 aliphatic rings. The zero-order valence-electron chi connectivity index (χ0n) is 18.8. The first-order valence-corrected chi connectivity index (χ1v) is 11.5. The molecule has 0 radical (unpaired) electrons. The summed E-state index contributed by atoms with van der Waals surface area (Å²) >= 11 is 0. The van der Waals surface area contributed by atoms with Crippen LogP contribution < -0.4 is 15.4 Å². The summed E-state index contributed by atoms with van der Waals surface area (Å²) in [5.41, 5.74) is 1.39. The van der Waals surface area contributed by atoms with Crippen molar-refractivity contribution in [3.8, 4) is 5.88 Å². The SMILES string of the molecule is CN=C(NCc1ccc(OCCOC)nc1)NCC1(N2CCCCC2)CCCCC1. The summed E-state index contributed by atoms with van der Waals surface area (Å²) < 4.78 is 10.5. The molecule has 30 heavy (non-hydrogen) atoms. The number of likely N-dealkylation sites (tertiary alicyclic amines) is 1. The largest absolute Gasteiger partial charge is 0.475 e. The number of rotatable bonds is 9. The van der Waals surface area contributed by atoms with E-state index in [4.69, 9.17) is 9.47 Å². The summed E-state index contributed by atoms with van der Waals surface area (Å²) in [7, 11) is 3.50. The number of ether oxygens (including phenoxy) is 2. The molecule has 1 aliphatic carbocycles. The van der Waals surface area contributed by atoms with Gasteiger partial charge in [-0.25, -0.2) is 4.98 Å². The topological polar surface area (TPSA) is 71.0 Å². The smallest absolute Gasteiger partial charge is 0.213 e. The Labute approximate surface area is 181 Å². The summed E-state index contributed by atoms with van der Waals surface area (Å²) in [4.78, 5) is 11.6. The maximum Gasteiger partial charge on any atom is 0.213 e. The standard InChI is InChI=1S/C23H39N5O2/c1-24-22(26-18-20-9-10-21(25-17-20)30-16-15-29-2)27-19-23(11-5-3-6-12-23)28-13-7-4-8-14-28/h9-10,17H,3-8,11-16,18-19H2,1-2H3,(H2,24,26,27). The highest BCUT2D eigenvalue weighted by atomic mass is 16.5. The second kappa shape index (κ2) is 12.1. The second-order valence-electron chi connectivity index (χ2n) is 8.46. The molecule has 2 fully saturated rings. The number of hydrogen-bond acceptors (Lipinski definition) is 5. The lowest BCUT2D eigenvalue weighted by Gasteiger charge is -2.48. The van der Waals surface area contributed by atoms with Gasteiger partial charge in [0, 0.05) is 45.0 Å². The van der Waals surface area contributed by atoms with Gasteiger partial charge in [-0.3, -0.25) is 9.89 Å². The summed E-state index contributed by atoms with van der Waals surface area (Å²) in [5, 5.41) is 7.07. The number of nitrogens with one attached hydrogen (secondary N) is 2. The van der Waals surface area contributed by atoms with Gasteiger partial charge in [0.15, 0.2) is 5.96 Å². The minimum atomic E-state index is 0.291. The molecule has 7 nitrogen and oxygen atoms in total. The van der Waals surface area contributed by atoms with E-state index in [1.807, 2.05) is 25.4 Å². The highest BCUT2D eigenvalue weighted by Crippen LogP contribution is 2.35. The Morgan fingerprint density at radius 2 is 1.83 bits per heavy atom. The Morgan fingerprint density at radius 3 is 2.50 bits per heavy atom. The summed E-state index contributed by atoms with van der Waals surface area (Å²) in [6.07, 6.45) is 12.6. The Balaban J connectivity index is 1.49. The van der Waals surface area contributed by atoms with Gasteiger partial charge in [0.1, 0.15) is 6.61 Å². The number of piperidine rings is 1. The zero-order valence-corrected chi connectivity index (χ0v) is 18.8. The minimum absolute atomic E-state index is 0.291. The average Bonchev–Trinajstić information content (AvgIpc) is 2.81. The fourth-order valence-corrected chi connectivity index (χ4v) is 4.67. The molecule has 0 unspecified atom stereocenters.